The molecule has 4 heterocycles. The molecule has 0 unspecified atom stereocenters. The Labute approximate surface area is 160 Å². The molecular weight excluding hydrogens is 354 g/mol. The molecule has 0 spiro atoms. The number of ether oxygens (including phenoxy) is 1. The van der Waals surface area contributed by atoms with E-state index in [4.69, 9.17) is 10.00 Å². The van der Waals surface area contributed by atoms with Crippen LogP contribution in [0.4, 0.5) is 5.95 Å². The van der Waals surface area contributed by atoms with Gasteiger partial charge in [0, 0.05) is 42.0 Å². The topological polar surface area (TPSA) is 101 Å². The largest absolute Gasteiger partial charge is 0.493 e. The number of nitriles is 1. The number of rotatable bonds is 4. The molecule has 0 saturated heterocycles. The van der Waals surface area contributed by atoms with Crippen molar-refractivity contribution in [1.82, 2.24) is 24.6 Å². The highest BCUT2D eigenvalue weighted by Gasteiger charge is 2.16. The summed E-state index contributed by atoms with van der Waals surface area (Å²) in [6, 6.07) is 11.6. The molecule has 1 aliphatic rings. The van der Waals surface area contributed by atoms with E-state index in [9.17, 15) is 0 Å². The molecule has 0 saturated carbocycles. The fourth-order valence-corrected chi connectivity index (χ4v) is 3.41. The van der Waals surface area contributed by atoms with Crippen LogP contribution >= 0.6 is 0 Å². The average molecular weight is 369 g/mol. The Hall–Kier alpha value is -3.99. The number of pyridine rings is 1. The van der Waals surface area contributed by atoms with Gasteiger partial charge in [-0.05, 0) is 23.8 Å². The van der Waals surface area contributed by atoms with Gasteiger partial charge in [-0.3, -0.25) is 4.40 Å². The third-order valence-corrected chi connectivity index (χ3v) is 4.80. The molecule has 1 aliphatic heterocycles. The van der Waals surface area contributed by atoms with Crippen LogP contribution in [0.3, 0.4) is 0 Å². The highest BCUT2D eigenvalue weighted by molar-refractivity contribution is 5.77. The second-order valence-electron chi connectivity index (χ2n) is 6.41. The molecule has 0 radical (unpaired) electrons. The number of anilines is 1. The summed E-state index contributed by atoms with van der Waals surface area (Å²) in [7, 11) is 0. The number of hydrogen-bond acceptors (Lipinski definition) is 7. The fraction of sp³-hybridized carbons (Fsp3) is 0.150. The molecule has 3 aromatic heterocycles. The Bertz CT molecular complexity index is 1210. The Kier molecular flexibility index (Phi) is 3.84. The van der Waals surface area contributed by atoms with Gasteiger partial charge >= 0.3 is 0 Å². The van der Waals surface area contributed by atoms with Crippen LogP contribution in [0.5, 0.6) is 5.75 Å². The molecule has 8 nitrogen and oxygen atoms in total. The third kappa shape index (κ3) is 2.70. The molecule has 0 aliphatic carbocycles. The van der Waals surface area contributed by atoms with Crippen molar-refractivity contribution in [2.45, 2.75) is 13.0 Å². The van der Waals surface area contributed by atoms with Crippen molar-refractivity contribution < 1.29 is 4.74 Å². The van der Waals surface area contributed by atoms with Crippen LogP contribution in [0.1, 0.15) is 16.8 Å². The second kappa shape index (κ2) is 6.63. The van der Waals surface area contributed by atoms with Gasteiger partial charge in [0.25, 0.3) is 0 Å². The standard InChI is InChI=1S/C20H15N7O/c21-8-15-5-4-14(9-22-15)17-11-24-20(27-12-25-26-19(17)27)23-10-13-2-1-3-18-16(13)6-7-28-18/h1-5,9,11-12H,6-7,10H2,(H,23,24). The van der Waals surface area contributed by atoms with Crippen molar-refractivity contribution in [3.8, 4) is 22.9 Å². The first-order chi connectivity index (χ1) is 13.8. The van der Waals surface area contributed by atoms with Crippen LogP contribution in [0.2, 0.25) is 0 Å². The van der Waals surface area contributed by atoms with Crippen LogP contribution in [-0.2, 0) is 13.0 Å². The van der Waals surface area contributed by atoms with Gasteiger partial charge in [-0.1, -0.05) is 12.1 Å². The zero-order chi connectivity index (χ0) is 18.9. The van der Waals surface area contributed by atoms with Gasteiger partial charge < -0.3 is 10.1 Å². The van der Waals surface area contributed by atoms with E-state index < -0.39 is 0 Å². The van der Waals surface area contributed by atoms with Crippen LogP contribution in [0.15, 0.2) is 49.1 Å². The normalized spacial score (nSPS) is 12.4. The van der Waals surface area contributed by atoms with E-state index >= 15 is 0 Å². The number of nitrogens with one attached hydrogen (secondary N) is 1. The van der Waals surface area contributed by atoms with Gasteiger partial charge in [0.2, 0.25) is 5.95 Å². The van der Waals surface area contributed by atoms with Gasteiger partial charge in [0.15, 0.2) is 5.65 Å². The van der Waals surface area contributed by atoms with E-state index in [2.05, 4.69) is 31.5 Å². The molecule has 1 N–H and O–H groups in total. The molecule has 8 heteroatoms. The van der Waals surface area contributed by atoms with E-state index in [-0.39, 0.29) is 0 Å². The summed E-state index contributed by atoms with van der Waals surface area (Å²) in [6.45, 7) is 1.36. The highest BCUT2D eigenvalue weighted by atomic mass is 16.5. The number of hydrogen-bond donors (Lipinski definition) is 1. The van der Waals surface area contributed by atoms with Crippen LogP contribution in [-0.4, -0.2) is 31.2 Å². The van der Waals surface area contributed by atoms with Crippen molar-refractivity contribution >= 4 is 11.6 Å². The monoisotopic (exact) mass is 369 g/mol. The second-order valence-corrected chi connectivity index (χ2v) is 6.41. The van der Waals surface area contributed by atoms with E-state index in [1.54, 1.807) is 24.8 Å². The number of aromatic nitrogens is 5. The van der Waals surface area contributed by atoms with E-state index in [1.165, 1.54) is 11.1 Å². The molecule has 136 valence electrons. The average Bonchev–Trinajstić information content (AvgIpc) is 3.42. The van der Waals surface area contributed by atoms with Crippen LogP contribution in [0, 0.1) is 11.3 Å². The predicted octanol–water partition coefficient (Wildman–Crippen LogP) is 2.60. The number of fused-ring (bicyclic) bond motifs is 2. The highest BCUT2D eigenvalue weighted by Crippen LogP contribution is 2.29. The van der Waals surface area contributed by atoms with Crippen molar-refractivity contribution in [2.75, 3.05) is 11.9 Å². The van der Waals surface area contributed by atoms with Gasteiger partial charge in [-0.25, -0.2) is 9.97 Å². The minimum Gasteiger partial charge on any atom is -0.493 e. The zero-order valence-electron chi connectivity index (χ0n) is 14.8. The lowest BCUT2D eigenvalue weighted by Crippen LogP contribution is -2.08. The SMILES string of the molecule is N#Cc1ccc(-c2cnc(NCc3cccc4c3CCO4)n3cnnc23)cn1. The predicted molar refractivity (Wildman–Crippen MR) is 102 cm³/mol. The molecule has 0 fully saturated rings. The lowest BCUT2D eigenvalue weighted by Gasteiger charge is -2.11. The van der Waals surface area contributed by atoms with Gasteiger partial charge in [-0.15, -0.1) is 10.2 Å². The smallest absolute Gasteiger partial charge is 0.210 e. The maximum atomic E-state index is 8.92. The van der Waals surface area contributed by atoms with Crippen LogP contribution in [0.25, 0.3) is 16.8 Å². The number of benzene rings is 1. The molecular formula is C20H15N7O. The Morgan fingerprint density at radius 2 is 2.14 bits per heavy atom. The van der Waals surface area contributed by atoms with Crippen molar-refractivity contribution in [3.63, 3.8) is 0 Å². The quantitative estimate of drug-likeness (QED) is 0.590. The molecule has 4 aromatic rings. The summed E-state index contributed by atoms with van der Waals surface area (Å²) >= 11 is 0. The van der Waals surface area contributed by atoms with E-state index in [0.29, 0.717) is 23.8 Å². The summed E-state index contributed by atoms with van der Waals surface area (Å²) in [5.41, 5.74) is 5.11. The summed E-state index contributed by atoms with van der Waals surface area (Å²) in [4.78, 5) is 8.68. The lowest BCUT2D eigenvalue weighted by molar-refractivity contribution is 0.357. The van der Waals surface area contributed by atoms with Gasteiger partial charge in [0.1, 0.15) is 23.8 Å². The lowest BCUT2D eigenvalue weighted by atomic mass is 10.1. The zero-order valence-corrected chi connectivity index (χ0v) is 14.8. The first-order valence-corrected chi connectivity index (χ1v) is 8.86. The van der Waals surface area contributed by atoms with Gasteiger partial charge in [-0.2, -0.15) is 5.26 Å². The van der Waals surface area contributed by atoms with E-state index in [0.717, 1.165) is 29.9 Å². The van der Waals surface area contributed by atoms with Gasteiger partial charge in [0.05, 0.1) is 6.61 Å². The minimum atomic E-state index is 0.367. The molecule has 0 bridgehead atoms. The first-order valence-electron chi connectivity index (χ1n) is 8.86. The van der Waals surface area contributed by atoms with Crippen molar-refractivity contribution in [1.29, 1.82) is 5.26 Å². The summed E-state index contributed by atoms with van der Waals surface area (Å²) in [6.07, 6.45) is 5.94. The Balaban J connectivity index is 1.46. The molecule has 5 rings (SSSR count). The van der Waals surface area contributed by atoms with Crippen molar-refractivity contribution in [2.24, 2.45) is 0 Å². The van der Waals surface area contributed by atoms with Crippen molar-refractivity contribution in [3.05, 3.63) is 65.9 Å². The maximum absolute atomic E-state index is 8.92. The number of nitrogens with zero attached hydrogens (tertiary/aromatic N) is 6. The first kappa shape index (κ1) is 16.2. The fourth-order valence-electron chi connectivity index (χ4n) is 3.41. The molecule has 1 aromatic carbocycles. The Morgan fingerprint density at radius 1 is 1.18 bits per heavy atom. The van der Waals surface area contributed by atoms with E-state index in [1.807, 2.05) is 28.7 Å². The third-order valence-electron chi connectivity index (χ3n) is 4.80. The minimum absolute atomic E-state index is 0.367. The Morgan fingerprint density at radius 3 is 3.00 bits per heavy atom. The molecule has 0 atom stereocenters. The maximum Gasteiger partial charge on any atom is 0.210 e. The molecule has 28 heavy (non-hydrogen) atoms. The summed E-state index contributed by atoms with van der Waals surface area (Å²) in [5, 5.41) is 20.6. The van der Waals surface area contributed by atoms with Crippen LogP contribution < -0.4 is 10.1 Å². The molecule has 0 amide bonds. The summed E-state index contributed by atoms with van der Waals surface area (Å²) < 4.78 is 7.45. The summed E-state index contributed by atoms with van der Waals surface area (Å²) in [5.74, 6) is 1.62.